The Morgan fingerprint density at radius 1 is 1.57 bits per heavy atom. The van der Waals surface area contributed by atoms with E-state index in [9.17, 15) is 4.79 Å². The average molecular weight is 207 g/mol. The van der Waals surface area contributed by atoms with Gasteiger partial charge in [-0.15, -0.1) is 12.6 Å². The van der Waals surface area contributed by atoms with Crippen molar-refractivity contribution in [3.8, 4) is 6.07 Å². The summed E-state index contributed by atoms with van der Waals surface area (Å²) >= 11 is 4.10. The van der Waals surface area contributed by atoms with Gasteiger partial charge >= 0.3 is 5.97 Å². The molecule has 0 fully saturated rings. The zero-order valence-corrected chi connectivity index (χ0v) is 8.76. The van der Waals surface area contributed by atoms with Gasteiger partial charge < -0.3 is 4.74 Å². The summed E-state index contributed by atoms with van der Waals surface area (Å²) in [6, 6.07) is 5.36. The molecule has 0 aliphatic rings. The van der Waals surface area contributed by atoms with Gasteiger partial charge in [0.2, 0.25) is 0 Å². The van der Waals surface area contributed by atoms with E-state index in [4.69, 9.17) is 5.26 Å². The number of carbonyl (C=O) groups excluding carboxylic acids is 1. The topological polar surface area (TPSA) is 50.1 Å². The van der Waals surface area contributed by atoms with Crippen molar-refractivity contribution in [2.24, 2.45) is 0 Å². The van der Waals surface area contributed by atoms with Crippen LogP contribution in [0.2, 0.25) is 0 Å². The van der Waals surface area contributed by atoms with E-state index in [-0.39, 0.29) is 5.56 Å². The molecule has 1 aromatic carbocycles. The maximum absolute atomic E-state index is 11.4. The molecule has 72 valence electrons. The van der Waals surface area contributed by atoms with E-state index in [0.29, 0.717) is 16.0 Å². The van der Waals surface area contributed by atoms with Crippen LogP contribution >= 0.6 is 12.6 Å². The van der Waals surface area contributed by atoms with Crippen molar-refractivity contribution in [1.82, 2.24) is 0 Å². The fourth-order valence-corrected chi connectivity index (χ4v) is 1.41. The molecule has 0 saturated carbocycles. The highest BCUT2D eigenvalue weighted by molar-refractivity contribution is 7.80. The fourth-order valence-electron chi connectivity index (χ4n) is 1.17. The minimum atomic E-state index is -0.505. The molecule has 0 aliphatic heterocycles. The van der Waals surface area contributed by atoms with Gasteiger partial charge in [0.05, 0.1) is 18.2 Å². The second-order valence-corrected chi connectivity index (χ2v) is 3.24. The summed E-state index contributed by atoms with van der Waals surface area (Å²) in [7, 11) is 1.29. The summed E-state index contributed by atoms with van der Waals surface area (Å²) in [6.07, 6.45) is 0. The molecule has 0 saturated heterocycles. The molecule has 1 aromatic rings. The number of hydrogen-bond acceptors (Lipinski definition) is 4. The van der Waals surface area contributed by atoms with E-state index < -0.39 is 5.97 Å². The Labute approximate surface area is 87.7 Å². The van der Waals surface area contributed by atoms with Crippen molar-refractivity contribution in [3.05, 3.63) is 28.8 Å². The van der Waals surface area contributed by atoms with Crippen molar-refractivity contribution in [2.45, 2.75) is 11.8 Å². The summed E-state index contributed by atoms with van der Waals surface area (Å²) < 4.78 is 4.59. The number of esters is 1. The maximum atomic E-state index is 11.4. The molecular formula is C10H9NO2S. The molecule has 0 radical (unpaired) electrons. The predicted octanol–water partition coefficient (Wildman–Crippen LogP) is 1.94. The van der Waals surface area contributed by atoms with Gasteiger partial charge in [-0.3, -0.25) is 0 Å². The van der Waals surface area contributed by atoms with Gasteiger partial charge in [-0.2, -0.15) is 5.26 Å². The lowest BCUT2D eigenvalue weighted by Gasteiger charge is -2.07. The zero-order valence-electron chi connectivity index (χ0n) is 7.87. The molecule has 1 rings (SSSR count). The molecule has 0 spiro atoms. The van der Waals surface area contributed by atoms with Crippen molar-refractivity contribution < 1.29 is 9.53 Å². The Kier molecular flexibility index (Phi) is 3.15. The monoisotopic (exact) mass is 207 g/mol. The van der Waals surface area contributed by atoms with Gasteiger partial charge in [-0.05, 0) is 18.6 Å². The lowest BCUT2D eigenvalue weighted by atomic mass is 10.0. The highest BCUT2D eigenvalue weighted by Crippen LogP contribution is 2.21. The molecule has 0 amide bonds. The van der Waals surface area contributed by atoms with Crippen LogP contribution in [0, 0.1) is 18.3 Å². The molecule has 0 unspecified atom stereocenters. The minimum absolute atomic E-state index is 0.264. The number of rotatable bonds is 1. The van der Waals surface area contributed by atoms with Crippen LogP contribution in [0.1, 0.15) is 21.5 Å². The van der Waals surface area contributed by atoms with Crippen molar-refractivity contribution in [2.75, 3.05) is 7.11 Å². The number of carbonyl (C=O) groups is 1. The first-order valence-corrected chi connectivity index (χ1v) is 4.37. The molecule has 0 aliphatic carbocycles. The van der Waals surface area contributed by atoms with Crippen molar-refractivity contribution in [1.29, 1.82) is 5.26 Å². The molecule has 0 atom stereocenters. The first-order chi connectivity index (χ1) is 6.61. The van der Waals surface area contributed by atoms with Gasteiger partial charge in [-0.1, -0.05) is 6.07 Å². The van der Waals surface area contributed by atoms with Gasteiger partial charge in [0.1, 0.15) is 6.07 Å². The number of thiol groups is 1. The van der Waals surface area contributed by atoms with E-state index in [1.54, 1.807) is 19.1 Å². The Hall–Kier alpha value is -1.47. The van der Waals surface area contributed by atoms with Gasteiger partial charge in [-0.25, -0.2) is 4.79 Å². The first kappa shape index (κ1) is 10.6. The van der Waals surface area contributed by atoms with Crippen molar-refractivity contribution in [3.63, 3.8) is 0 Å². The minimum Gasteiger partial charge on any atom is -0.465 e. The Morgan fingerprint density at radius 2 is 2.21 bits per heavy atom. The van der Waals surface area contributed by atoms with Crippen LogP contribution in [0.5, 0.6) is 0 Å². The number of nitriles is 1. The molecule has 0 bridgehead atoms. The van der Waals surface area contributed by atoms with Gasteiger partial charge in [0, 0.05) is 4.90 Å². The molecule has 0 aromatic heterocycles. The van der Waals surface area contributed by atoms with Crippen LogP contribution in [-0.4, -0.2) is 13.1 Å². The van der Waals surface area contributed by atoms with Crippen LogP contribution in [0.25, 0.3) is 0 Å². The number of benzene rings is 1. The van der Waals surface area contributed by atoms with E-state index in [2.05, 4.69) is 17.4 Å². The quantitative estimate of drug-likeness (QED) is 0.565. The Bertz CT molecular complexity index is 421. The third-order valence-electron chi connectivity index (χ3n) is 1.89. The molecule has 0 N–H and O–H groups in total. The van der Waals surface area contributed by atoms with Crippen LogP contribution < -0.4 is 0 Å². The zero-order chi connectivity index (χ0) is 10.7. The van der Waals surface area contributed by atoms with E-state index in [0.717, 1.165) is 0 Å². The highest BCUT2D eigenvalue weighted by Gasteiger charge is 2.16. The number of ether oxygens (including phenoxy) is 1. The molecule has 3 nitrogen and oxygen atoms in total. The Morgan fingerprint density at radius 3 is 2.71 bits per heavy atom. The standard InChI is InChI=1S/C10H9NO2S/c1-6-3-4-8(14)7(5-11)9(6)10(12)13-2/h3-4,14H,1-2H3. The molecule has 0 heterocycles. The Balaban J connectivity index is 3.47. The third-order valence-corrected chi connectivity index (χ3v) is 2.27. The summed E-state index contributed by atoms with van der Waals surface area (Å²) in [5.74, 6) is -0.505. The first-order valence-electron chi connectivity index (χ1n) is 3.92. The molecular weight excluding hydrogens is 198 g/mol. The average Bonchev–Trinajstić information content (AvgIpc) is 2.19. The predicted molar refractivity (Wildman–Crippen MR) is 54.5 cm³/mol. The van der Waals surface area contributed by atoms with E-state index in [1.165, 1.54) is 7.11 Å². The van der Waals surface area contributed by atoms with E-state index in [1.807, 2.05) is 6.07 Å². The molecule has 14 heavy (non-hydrogen) atoms. The second-order valence-electron chi connectivity index (χ2n) is 2.75. The van der Waals surface area contributed by atoms with Crippen LogP contribution in [0.3, 0.4) is 0 Å². The lowest BCUT2D eigenvalue weighted by Crippen LogP contribution is -2.07. The maximum Gasteiger partial charge on any atom is 0.339 e. The third kappa shape index (κ3) is 1.73. The van der Waals surface area contributed by atoms with Gasteiger partial charge in [0.25, 0.3) is 0 Å². The molecule has 4 heteroatoms. The fraction of sp³-hybridized carbons (Fsp3) is 0.200. The normalized spacial score (nSPS) is 9.29. The summed E-state index contributed by atoms with van der Waals surface area (Å²) in [5.41, 5.74) is 1.27. The van der Waals surface area contributed by atoms with Crippen LogP contribution in [0.4, 0.5) is 0 Å². The number of aryl methyl sites for hydroxylation is 1. The number of methoxy groups -OCH3 is 1. The van der Waals surface area contributed by atoms with Crippen LogP contribution in [0.15, 0.2) is 17.0 Å². The second kappa shape index (κ2) is 4.16. The summed E-state index contributed by atoms with van der Waals surface area (Å²) in [5, 5.41) is 8.86. The summed E-state index contributed by atoms with van der Waals surface area (Å²) in [6.45, 7) is 1.75. The summed E-state index contributed by atoms with van der Waals surface area (Å²) in [4.78, 5) is 11.8. The smallest absolute Gasteiger partial charge is 0.339 e. The lowest BCUT2D eigenvalue weighted by molar-refractivity contribution is 0.0599. The van der Waals surface area contributed by atoms with Gasteiger partial charge in [0.15, 0.2) is 0 Å². The van der Waals surface area contributed by atoms with E-state index >= 15 is 0 Å². The number of nitrogens with zero attached hydrogens (tertiary/aromatic N) is 1. The number of hydrogen-bond donors (Lipinski definition) is 1. The largest absolute Gasteiger partial charge is 0.465 e. The highest BCUT2D eigenvalue weighted by atomic mass is 32.1. The van der Waals surface area contributed by atoms with Crippen molar-refractivity contribution >= 4 is 18.6 Å². The SMILES string of the molecule is COC(=O)c1c(C)ccc(S)c1C#N. The van der Waals surface area contributed by atoms with Crippen LogP contribution in [-0.2, 0) is 4.74 Å².